The molecule has 3 fully saturated rings. The maximum Gasteiger partial charge on any atom is 0.316 e. The second kappa shape index (κ2) is 14.6. The smallest absolute Gasteiger partial charge is 0.316 e. The molecule has 10 nitrogen and oxygen atoms in total. The summed E-state index contributed by atoms with van der Waals surface area (Å²) in [4.78, 5) is 84.4. The Morgan fingerprint density at radius 2 is 1.55 bits per heavy atom. The maximum atomic E-state index is 14.4. The first-order valence-electron chi connectivity index (χ1n) is 17.5. The lowest BCUT2D eigenvalue weighted by Gasteiger charge is -2.39. The van der Waals surface area contributed by atoms with Crippen molar-refractivity contribution in [3.05, 3.63) is 12.7 Å². The average Bonchev–Trinajstić information content (AvgIpc) is 3.82. The molecule has 0 spiro atoms. The number of Topliss-reactive ketones (excluding diaryl/α,β-unsaturated/α-hetero) is 3. The molecule has 2 saturated carbocycles. The molecule has 3 rings (SSSR count). The third-order valence-electron chi connectivity index (χ3n) is 10.5. The van der Waals surface area contributed by atoms with Crippen LogP contribution in [-0.4, -0.2) is 83.3 Å². The standard InChI is InChI=1S/C37H60N4O6/c1-12-14-16-25(42)29(44)23(15-13-2)19-26(43)28-27-24(37(27,9)10)21-41(28)33(46)31(36(6,7)8)39-34(47)38-30(35(3,4)5)32(45)40(11)20-22-17-18-22/h12,22-24,27-28,30-31H,1,13-21H2,2-11H3,(H2,38,39,47)/t23?,24-,27-,28+,30+,31+/m0/s1. The van der Waals surface area contributed by atoms with Gasteiger partial charge in [0.1, 0.15) is 12.1 Å². The number of urea groups is 1. The molecule has 3 aliphatic rings. The fraction of sp³-hybridized carbons (Fsp3) is 0.784. The highest BCUT2D eigenvalue weighted by molar-refractivity contribution is 6.38. The van der Waals surface area contributed by atoms with E-state index in [0.717, 1.165) is 12.8 Å². The molecule has 10 heteroatoms. The number of carbonyl (C=O) groups is 6. The molecule has 0 radical (unpaired) electrons. The molecule has 0 aromatic carbocycles. The predicted molar refractivity (Wildman–Crippen MR) is 182 cm³/mol. The summed E-state index contributed by atoms with van der Waals surface area (Å²) in [5.74, 6) is -1.94. The summed E-state index contributed by atoms with van der Waals surface area (Å²) in [6, 6.07) is -3.15. The molecule has 0 bridgehead atoms. The van der Waals surface area contributed by atoms with Crippen LogP contribution in [0.3, 0.4) is 0 Å². The Hall–Kier alpha value is -3.04. The number of nitrogens with zero attached hydrogens (tertiary/aromatic N) is 2. The van der Waals surface area contributed by atoms with Crippen molar-refractivity contribution in [3.8, 4) is 0 Å². The molecule has 6 atom stereocenters. The van der Waals surface area contributed by atoms with Crippen LogP contribution in [0.2, 0.25) is 0 Å². The normalized spacial score (nSPS) is 23.5. The van der Waals surface area contributed by atoms with Crippen molar-refractivity contribution < 1.29 is 28.8 Å². The zero-order valence-electron chi connectivity index (χ0n) is 30.5. The number of allylic oxidation sites excluding steroid dienone is 1. The van der Waals surface area contributed by atoms with E-state index in [-0.39, 0.29) is 47.7 Å². The third kappa shape index (κ3) is 9.11. The molecule has 1 heterocycles. The van der Waals surface area contributed by atoms with E-state index >= 15 is 0 Å². The van der Waals surface area contributed by atoms with Crippen molar-refractivity contribution in [1.29, 1.82) is 0 Å². The number of rotatable bonds is 16. The van der Waals surface area contributed by atoms with E-state index in [9.17, 15) is 28.8 Å². The van der Waals surface area contributed by atoms with Crippen molar-refractivity contribution in [2.24, 2.45) is 39.9 Å². The lowest BCUT2D eigenvalue weighted by molar-refractivity contribution is -0.144. The molecular weight excluding hydrogens is 596 g/mol. The largest absolute Gasteiger partial charge is 0.344 e. The van der Waals surface area contributed by atoms with Gasteiger partial charge < -0.3 is 20.4 Å². The molecule has 47 heavy (non-hydrogen) atoms. The Bertz CT molecular complexity index is 1240. The van der Waals surface area contributed by atoms with Crippen molar-refractivity contribution in [3.63, 3.8) is 0 Å². The van der Waals surface area contributed by atoms with Gasteiger partial charge in [0, 0.05) is 38.9 Å². The minimum Gasteiger partial charge on any atom is -0.344 e. The number of nitrogens with one attached hydrogen (secondary N) is 2. The van der Waals surface area contributed by atoms with E-state index in [1.165, 1.54) is 0 Å². The topological polar surface area (TPSA) is 133 Å². The van der Waals surface area contributed by atoms with Crippen molar-refractivity contribution in [1.82, 2.24) is 20.4 Å². The zero-order chi connectivity index (χ0) is 35.6. The average molecular weight is 657 g/mol. The quantitative estimate of drug-likeness (QED) is 0.179. The second-order valence-electron chi connectivity index (χ2n) is 17.0. The number of carbonyl (C=O) groups excluding carboxylic acids is 6. The van der Waals surface area contributed by atoms with Gasteiger partial charge in [-0.15, -0.1) is 6.58 Å². The Balaban J connectivity index is 1.81. The number of hydrogen-bond acceptors (Lipinski definition) is 6. The van der Waals surface area contributed by atoms with Gasteiger partial charge in [0.25, 0.3) is 0 Å². The van der Waals surface area contributed by atoms with Crippen molar-refractivity contribution in [2.45, 2.75) is 125 Å². The van der Waals surface area contributed by atoms with Crippen LogP contribution >= 0.6 is 0 Å². The fourth-order valence-electron chi connectivity index (χ4n) is 7.27. The highest BCUT2D eigenvalue weighted by Gasteiger charge is 2.69. The highest BCUT2D eigenvalue weighted by Crippen LogP contribution is 2.65. The van der Waals surface area contributed by atoms with Crippen LogP contribution in [0, 0.1) is 39.9 Å². The zero-order valence-corrected chi connectivity index (χ0v) is 30.5. The van der Waals surface area contributed by atoms with Crippen LogP contribution in [0.25, 0.3) is 0 Å². The van der Waals surface area contributed by atoms with E-state index in [1.54, 1.807) is 22.9 Å². The number of likely N-dealkylation sites (tertiary alicyclic amines) is 1. The summed E-state index contributed by atoms with van der Waals surface area (Å²) in [5.41, 5.74) is -1.44. The van der Waals surface area contributed by atoms with Crippen LogP contribution in [0.15, 0.2) is 12.7 Å². The van der Waals surface area contributed by atoms with Gasteiger partial charge in [-0.05, 0) is 59.7 Å². The monoisotopic (exact) mass is 656 g/mol. The first-order chi connectivity index (χ1) is 21.7. The van der Waals surface area contributed by atoms with Gasteiger partial charge in [-0.3, -0.25) is 24.0 Å². The summed E-state index contributed by atoms with van der Waals surface area (Å²) in [6.45, 7) is 22.0. The van der Waals surface area contributed by atoms with Crippen LogP contribution in [-0.2, 0) is 24.0 Å². The molecule has 264 valence electrons. The Morgan fingerprint density at radius 1 is 0.979 bits per heavy atom. The molecule has 2 N–H and O–H groups in total. The first-order valence-corrected chi connectivity index (χ1v) is 17.5. The molecule has 0 aromatic rings. The van der Waals surface area contributed by atoms with E-state index in [0.29, 0.717) is 38.3 Å². The number of hydrogen-bond donors (Lipinski definition) is 2. The molecule has 0 aromatic heterocycles. The SMILES string of the molecule is C=CCCC(=O)C(=O)C(CCC)CC(=O)[C@@H]1[C@@H]2[C@H](CN1C(=O)[C@@H](NC(=O)N[C@H](C(=O)N(C)CC1CC1)C(C)(C)C)C(C)(C)C)C2(C)C. The van der Waals surface area contributed by atoms with E-state index in [2.05, 4.69) is 31.1 Å². The summed E-state index contributed by atoms with van der Waals surface area (Å²) >= 11 is 0. The van der Waals surface area contributed by atoms with Gasteiger partial charge in [-0.25, -0.2) is 4.79 Å². The predicted octanol–water partition coefficient (Wildman–Crippen LogP) is 4.95. The lowest BCUT2D eigenvalue weighted by Crippen LogP contribution is -2.62. The number of amides is 4. The number of piperidine rings is 1. The summed E-state index contributed by atoms with van der Waals surface area (Å²) < 4.78 is 0. The molecule has 1 unspecified atom stereocenters. The van der Waals surface area contributed by atoms with E-state index < -0.39 is 52.5 Å². The van der Waals surface area contributed by atoms with Crippen LogP contribution < -0.4 is 10.6 Å². The maximum absolute atomic E-state index is 14.4. The molecule has 1 saturated heterocycles. The van der Waals surface area contributed by atoms with Gasteiger partial charge in [-0.1, -0.05) is 74.8 Å². The van der Waals surface area contributed by atoms with E-state index in [4.69, 9.17) is 0 Å². The van der Waals surface area contributed by atoms with Gasteiger partial charge in [0.2, 0.25) is 17.6 Å². The third-order valence-corrected chi connectivity index (χ3v) is 10.5. The summed E-state index contributed by atoms with van der Waals surface area (Å²) in [5, 5.41) is 5.74. The Labute approximate surface area is 282 Å². The summed E-state index contributed by atoms with van der Waals surface area (Å²) in [7, 11) is 1.76. The number of ketones is 3. The Morgan fingerprint density at radius 3 is 2.06 bits per heavy atom. The number of fused-ring (bicyclic) bond motifs is 1. The van der Waals surface area contributed by atoms with Crippen LogP contribution in [0.5, 0.6) is 0 Å². The molecule has 2 aliphatic carbocycles. The Kier molecular flexibility index (Phi) is 11.9. The molecular formula is C37H60N4O6. The van der Waals surface area contributed by atoms with Gasteiger partial charge in [0.05, 0.1) is 6.04 Å². The van der Waals surface area contributed by atoms with E-state index in [1.807, 2.05) is 48.5 Å². The minimum absolute atomic E-state index is 0.0628. The van der Waals surface area contributed by atoms with Gasteiger partial charge in [-0.2, -0.15) is 0 Å². The van der Waals surface area contributed by atoms with Crippen LogP contribution in [0.4, 0.5) is 4.79 Å². The highest BCUT2D eigenvalue weighted by atomic mass is 16.2. The van der Waals surface area contributed by atoms with Gasteiger partial charge >= 0.3 is 6.03 Å². The molecule has 1 aliphatic heterocycles. The van der Waals surface area contributed by atoms with Crippen molar-refractivity contribution >= 4 is 35.2 Å². The van der Waals surface area contributed by atoms with Gasteiger partial charge in [0.15, 0.2) is 11.6 Å². The lowest BCUT2D eigenvalue weighted by atomic mass is 9.83. The molecule has 4 amide bonds. The van der Waals surface area contributed by atoms with Crippen LogP contribution in [0.1, 0.15) is 107 Å². The summed E-state index contributed by atoms with van der Waals surface area (Å²) in [6.07, 6.45) is 5.22. The fourth-order valence-corrected chi connectivity index (χ4v) is 7.27. The number of likely N-dealkylation sites (N-methyl/N-ethyl adjacent to an activating group) is 1. The second-order valence-corrected chi connectivity index (χ2v) is 17.0. The first kappa shape index (κ1) is 38.4. The minimum atomic E-state index is -0.980. The van der Waals surface area contributed by atoms with Crippen molar-refractivity contribution in [2.75, 3.05) is 20.1 Å².